The molecule has 20 heavy (non-hydrogen) atoms. The molecule has 0 unspecified atom stereocenters. The van der Waals surface area contributed by atoms with E-state index < -0.39 is 0 Å². The molecular weight excluding hydrogens is 248 g/mol. The number of rotatable bonds is 6. The first-order valence-corrected chi connectivity index (χ1v) is 8.51. The minimum Gasteiger partial charge on any atom is -0.356 e. The van der Waals surface area contributed by atoms with Crippen LogP contribution >= 0.6 is 0 Å². The van der Waals surface area contributed by atoms with E-state index in [1.807, 2.05) is 0 Å². The summed E-state index contributed by atoms with van der Waals surface area (Å²) in [6.07, 6.45) is 14.5. The maximum atomic E-state index is 11.9. The van der Waals surface area contributed by atoms with Crippen LogP contribution < -0.4 is 5.32 Å². The Morgan fingerprint density at radius 3 is 2.60 bits per heavy atom. The molecule has 2 aliphatic rings. The molecule has 1 N–H and O–H groups in total. The average molecular weight is 278 g/mol. The third kappa shape index (κ3) is 6.08. The van der Waals surface area contributed by atoms with Crippen molar-refractivity contribution in [3.05, 3.63) is 11.6 Å². The van der Waals surface area contributed by atoms with Crippen molar-refractivity contribution in [2.75, 3.05) is 26.2 Å². The number of hydrogen-bond acceptors (Lipinski definition) is 2. The van der Waals surface area contributed by atoms with Gasteiger partial charge in [0.15, 0.2) is 0 Å². The first-order chi connectivity index (χ1) is 9.84. The number of allylic oxidation sites excluding steroid dienone is 1. The van der Waals surface area contributed by atoms with Gasteiger partial charge in [-0.3, -0.25) is 4.79 Å². The molecule has 0 bridgehead atoms. The topological polar surface area (TPSA) is 32.3 Å². The van der Waals surface area contributed by atoms with E-state index >= 15 is 0 Å². The van der Waals surface area contributed by atoms with Crippen molar-refractivity contribution in [2.24, 2.45) is 0 Å². The fourth-order valence-corrected chi connectivity index (χ4v) is 3.20. The smallest absolute Gasteiger partial charge is 0.221 e. The van der Waals surface area contributed by atoms with Gasteiger partial charge in [-0.1, -0.05) is 24.5 Å². The Hall–Kier alpha value is -0.830. The molecule has 0 spiro atoms. The van der Waals surface area contributed by atoms with Crippen molar-refractivity contribution < 1.29 is 4.79 Å². The SMILES string of the molecule is O=C(CCN1CCCCCC1)NCCC1=CCCCC1. The largest absolute Gasteiger partial charge is 0.356 e. The standard InChI is InChI=1S/C17H30N2O/c20-17(11-15-19-13-6-1-2-7-14-19)18-12-10-16-8-4-3-5-9-16/h8H,1-7,9-15H2,(H,18,20). The second kappa shape index (κ2) is 9.17. The van der Waals surface area contributed by atoms with Crippen molar-refractivity contribution in [1.82, 2.24) is 10.2 Å². The molecule has 1 fully saturated rings. The molecule has 3 heteroatoms. The van der Waals surface area contributed by atoms with Crippen LogP contribution in [-0.4, -0.2) is 37.0 Å². The molecule has 1 aliphatic carbocycles. The van der Waals surface area contributed by atoms with E-state index in [1.54, 1.807) is 5.57 Å². The van der Waals surface area contributed by atoms with Crippen LogP contribution in [-0.2, 0) is 4.79 Å². The lowest BCUT2D eigenvalue weighted by molar-refractivity contribution is -0.121. The maximum absolute atomic E-state index is 11.9. The first-order valence-electron chi connectivity index (χ1n) is 8.51. The predicted octanol–water partition coefficient (Wildman–Crippen LogP) is 3.26. The van der Waals surface area contributed by atoms with Crippen LogP contribution in [0.25, 0.3) is 0 Å². The number of likely N-dealkylation sites (tertiary alicyclic amines) is 1. The van der Waals surface area contributed by atoms with E-state index in [4.69, 9.17) is 0 Å². The number of amides is 1. The Morgan fingerprint density at radius 2 is 1.90 bits per heavy atom. The van der Waals surface area contributed by atoms with Crippen molar-refractivity contribution in [3.63, 3.8) is 0 Å². The molecule has 0 aromatic heterocycles. The molecule has 0 aromatic carbocycles. The van der Waals surface area contributed by atoms with Crippen molar-refractivity contribution in [1.29, 1.82) is 0 Å². The minimum atomic E-state index is 0.227. The van der Waals surface area contributed by atoms with Gasteiger partial charge in [-0.2, -0.15) is 0 Å². The van der Waals surface area contributed by atoms with E-state index in [9.17, 15) is 4.79 Å². The van der Waals surface area contributed by atoms with Gasteiger partial charge in [0.05, 0.1) is 0 Å². The van der Waals surface area contributed by atoms with Gasteiger partial charge in [-0.15, -0.1) is 0 Å². The Labute approximate surface area is 123 Å². The zero-order chi connectivity index (χ0) is 14.0. The van der Waals surface area contributed by atoms with E-state index in [1.165, 1.54) is 64.5 Å². The summed E-state index contributed by atoms with van der Waals surface area (Å²) in [5.74, 6) is 0.227. The fourth-order valence-electron chi connectivity index (χ4n) is 3.20. The maximum Gasteiger partial charge on any atom is 0.221 e. The lowest BCUT2D eigenvalue weighted by Gasteiger charge is -2.19. The molecule has 1 heterocycles. The quantitative estimate of drug-likeness (QED) is 0.756. The van der Waals surface area contributed by atoms with Crippen LogP contribution in [0.1, 0.15) is 64.2 Å². The van der Waals surface area contributed by atoms with Crippen LogP contribution in [0.3, 0.4) is 0 Å². The van der Waals surface area contributed by atoms with E-state index in [0.29, 0.717) is 6.42 Å². The summed E-state index contributed by atoms with van der Waals surface area (Å²) in [7, 11) is 0. The van der Waals surface area contributed by atoms with Gasteiger partial charge >= 0.3 is 0 Å². The second-order valence-corrected chi connectivity index (χ2v) is 6.21. The molecule has 114 valence electrons. The van der Waals surface area contributed by atoms with Gasteiger partial charge in [0.25, 0.3) is 0 Å². The highest BCUT2D eigenvalue weighted by atomic mass is 16.1. The number of nitrogens with zero attached hydrogens (tertiary/aromatic N) is 1. The second-order valence-electron chi connectivity index (χ2n) is 6.21. The van der Waals surface area contributed by atoms with Gasteiger partial charge < -0.3 is 10.2 Å². The normalized spacial score (nSPS) is 21.1. The summed E-state index contributed by atoms with van der Waals surface area (Å²) in [5.41, 5.74) is 1.55. The van der Waals surface area contributed by atoms with Gasteiger partial charge in [-0.05, 0) is 58.0 Å². The minimum absolute atomic E-state index is 0.227. The van der Waals surface area contributed by atoms with Gasteiger partial charge in [-0.25, -0.2) is 0 Å². The Bertz CT molecular complexity index is 317. The average Bonchev–Trinajstić information content (AvgIpc) is 2.75. The molecule has 1 saturated heterocycles. The fraction of sp³-hybridized carbons (Fsp3) is 0.824. The summed E-state index contributed by atoms with van der Waals surface area (Å²) in [4.78, 5) is 14.3. The molecule has 1 amide bonds. The number of nitrogens with one attached hydrogen (secondary N) is 1. The summed E-state index contributed by atoms with van der Waals surface area (Å²) in [5, 5.41) is 3.08. The lowest BCUT2D eigenvalue weighted by atomic mass is 9.97. The van der Waals surface area contributed by atoms with E-state index in [0.717, 1.165) is 19.5 Å². The molecule has 0 radical (unpaired) electrons. The highest BCUT2D eigenvalue weighted by molar-refractivity contribution is 5.76. The lowest BCUT2D eigenvalue weighted by Crippen LogP contribution is -2.32. The third-order valence-electron chi connectivity index (χ3n) is 4.51. The highest BCUT2D eigenvalue weighted by Crippen LogP contribution is 2.19. The number of carbonyl (C=O) groups is 1. The predicted molar refractivity (Wildman–Crippen MR) is 83.7 cm³/mol. The Kier molecular flexibility index (Phi) is 7.13. The highest BCUT2D eigenvalue weighted by Gasteiger charge is 2.11. The van der Waals surface area contributed by atoms with Crippen LogP contribution in [0.2, 0.25) is 0 Å². The Morgan fingerprint density at radius 1 is 1.10 bits per heavy atom. The summed E-state index contributed by atoms with van der Waals surface area (Å²) in [6.45, 7) is 4.12. The monoisotopic (exact) mass is 278 g/mol. The summed E-state index contributed by atoms with van der Waals surface area (Å²) in [6, 6.07) is 0. The van der Waals surface area contributed by atoms with Crippen LogP contribution in [0, 0.1) is 0 Å². The van der Waals surface area contributed by atoms with Crippen molar-refractivity contribution >= 4 is 5.91 Å². The van der Waals surface area contributed by atoms with Crippen molar-refractivity contribution in [3.8, 4) is 0 Å². The zero-order valence-electron chi connectivity index (χ0n) is 12.8. The number of carbonyl (C=O) groups excluding carboxylic acids is 1. The molecule has 2 rings (SSSR count). The molecular formula is C17H30N2O. The van der Waals surface area contributed by atoms with E-state index in [-0.39, 0.29) is 5.91 Å². The Balaban J connectivity index is 1.54. The summed E-state index contributed by atoms with van der Waals surface area (Å²) >= 11 is 0. The molecule has 0 atom stereocenters. The molecule has 3 nitrogen and oxygen atoms in total. The van der Waals surface area contributed by atoms with Gasteiger partial charge in [0, 0.05) is 19.5 Å². The van der Waals surface area contributed by atoms with Gasteiger partial charge in [0.1, 0.15) is 0 Å². The van der Waals surface area contributed by atoms with Gasteiger partial charge in [0.2, 0.25) is 5.91 Å². The zero-order valence-corrected chi connectivity index (χ0v) is 12.8. The van der Waals surface area contributed by atoms with Crippen LogP contribution in [0.5, 0.6) is 0 Å². The molecule has 1 aliphatic heterocycles. The molecule has 0 saturated carbocycles. The van der Waals surface area contributed by atoms with E-state index in [2.05, 4.69) is 16.3 Å². The molecule has 0 aromatic rings. The van der Waals surface area contributed by atoms with Crippen LogP contribution in [0.15, 0.2) is 11.6 Å². The summed E-state index contributed by atoms with van der Waals surface area (Å²) < 4.78 is 0. The van der Waals surface area contributed by atoms with Crippen molar-refractivity contribution in [2.45, 2.75) is 64.2 Å². The third-order valence-corrected chi connectivity index (χ3v) is 4.51. The van der Waals surface area contributed by atoms with Crippen LogP contribution in [0.4, 0.5) is 0 Å². The number of hydrogen-bond donors (Lipinski definition) is 1. The first kappa shape index (κ1) is 15.6.